The smallest absolute Gasteiger partial charge is 0.258 e. The Balaban J connectivity index is 1.69. The van der Waals surface area contributed by atoms with Crippen molar-refractivity contribution in [3.8, 4) is 11.4 Å². The fourth-order valence-electron chi connectivity index (χ4n) is 2.94. The lowest BCUT2D eigenvalue weighted by Crippen LogP contribution is -2.43. The number of carbonyl (C=O) groups excluding carboxylic acids is 1. The van der Waals surface area contributed by atoms with Gasteiger partial charge in [0.1, 0.15) is 6.54 Å². The first kappa shape index (κ1) is 20.6. The van der Waals surface area contributed by atoms with Crippen LogP contribution >= 0.6 is 0 Å². The Morgan fingerprint density at radius 3 is 2.28 bits per heavy atom. The molecule has 0 radical (unpaired) electrons. The maximum Gasteiger partial charge on any atom is 0.258 e. The van der Waals surface area contributed by atoms with Gasteiger partial charge in [-0.15, -0.1) is 15.0 Å². The number of aryl methyl sites for hydroxylation is 2. The maximum atomic E-state index is 12.7. The molecule has 0 spiro atoms. The van der Waals surface area contributed by atoms with E-state index in [2.05, 4.69) is 25.7 Å². The number of benzene rings is 2. The first-order valence-electron chi connectivity index (χ1n) is 8.90. The van der Waals surface area contributed by atoms with Gasteiger partial charge in [-0.3, -0.25) is 10.2 Å². The number of nitrogens with zero attached hydrogens (tertiary/aromatic N) is 4. The van der Waals surface area contributed by atoms with E-state index in [1.807, 2.05) is 50.2 Å². The summed E-state index contributed by atoms with van der Waals surface area (Å²) >= 11 is 0. The molecule has 10 heteroatoms. The van der Waals surface area contributed by atoms with E-state index < -0.39 is 15.9 Å². The average Bonchev–Trinajstić information content (AvgIpc) is 3.14. The summed E-state index contributed by atoms with van der Waals surface area (Å²) in [5.74, 6) is -0.245. The van der Waals surface area contributed by atoms with Crippen molar-refractivity contribution in [2.24, 2.45) is 0 Å². The van der Waals surface area contributed by atoms with Crippen LogP contribution in [-0.2, 0) is 21.4 Å². The molecular formula is C19H22N6O3S. The molecule has 3 aromatic rings. The van der Waals surface area contributed by atoms with Gasteiger partial charge in [-0.2, -0.15) is 4.80 Å². The summed E-state index contributed by atoms with van der Waals surface area (Å²) in [6.07, 6.45) is 0. The standard InChI is InChI=1S/C19H22N6O3S/c1-12-10-13(2)15(4)18(14(12)3)29(27,28)24-20-17(26)11-25-22-19(21-23-25)16-8-6-5-7-9-16/h5-10,24H,11H2,1-4H3,(H,20,26). The molecule has 2 aromatic carbocycles. The Bertz CT molecular complexity index is 1130. The minimum absolute atomic E-state index is 0.167. The molecule has 0 aliphatic heterocycles. The fourth-order valence-corrected chi connectivity index (χ4v) is 4.42. The van der Waals surface area contributed by atoms with E-state index in [1.165, 1.54) is 0 Å². The molecule has 0 aliphatic rings. The Labute approximate surface area is 169 Å². The van der Waals surface area contributed by atoms with E-state index in [-0.39, 0.29) is 11.4 Å². The number of tetrazole rings is 1. The van der Waals surface area contributed by atoms with Crippen LogP contribution in [-0.4, -0.2) is 34.5 Å². The SMILES string of the molecule is Cc1cc(C)c(C)c(S(=O)(=O)NNC(=O)Cn2nnc(-c3ccccc3)n2)c1C. The van der Waals surface area contributed by atoms with Gasteiger partial charge >= 0.3 is 0 Å². The summed E-state index contributed by atoms with van der Waals surface area (Å²) < 4.78 is 25.5. The van der Waals surface area contributed by atoms with Crippen molar-refractivity contribution < 1.29 is 13.2 Å². The van der Waals surface area contributed by atoms with Crippen LogP contribution in [0.15, 0.2) is 41.3 Å². The Morgan fingerprint density at radius 1 is 1.03 bits per heavy atom. The number of hydrazine groups is 1. The molecule has 152 valence electrons. The van der Waals surface area contributed by atoms with Crippen molar-refractivity contribution in [1.29, 1.82) is 0 Å². The molecule has 0 saturated heterocycles. The lowest BCUT2D eigenvalue weighted by molar-refractivity contribution is -0.122. The van der Waals surface area contributed by atoms with Gasteiger partial charge in [-0.25, -0.2) is 8.42 Å². The molecule has 1 heterocycles. The van der Waals surface area contributed by atoms with Gasteiger partial charge in [0.25, 0.3) is 15.9 Å². The second kappa shape index (κ2) is 8.10. The third-order valence-corrected chi connectivity index (χ3v) is 6.18. The van der Waals surface area contributed by atoms with Gasteiger partial charge in [0.2, 0.25) is 5.82 Å². The molecule has 9 nitrogen and oxygen atoms in total. The number of carbonyl (C=O) groups is 1. The topological polar surface area (TPSA) is 119 Å². The summed E-state index contributed by atoms with van der Waals surface area (Å²) in [4.78, 5) is 15.6. The van der Waals surface area contributed by atoms with Gasteiger partial charge in [0.05, 0.1) is 4.90 Å². The zero-order valence-corrected chi connectivity index (χ0v) is 17.4. The van der Waals surface area contributed by atoms with E-state index >= 15 is 0 Å². The molecule has 0 aliphatic carbocycles. The number of aromatic nitrogens is 4. The third-order valence-electron chi connectivity index (χ3n) is 4.66. The Kier molecular flexibility index (Phi) is 5.76. The summed E-state index contributed by atoms with van der Waals surface area (Å²) in [5, 5.41) is 11.9. The van der Waals surface area contributed by atoms with Crippen LogP contribution in [0.2, 0.25) is 0 Å². The lowest BCUT2D eigenvalue weighted by Gasteiger charge is -2.16. The van der Waals surface area contributed by atoms with Crippen molar-refractivity contribution in [2.45, 2.75) is 39.1 Å². The molecular weight excluding hydrogens is 392 g/mol. The van der Waals surface area contributed by atoms with E-state index in [0.29, 0.717) is 17.0 Å². The average molecular weight is 414 g/mol. The number of sulfonamides is 1. The van der Waals surface area contributed by atoms with Crippen molar-refractivity contribution in [1.82, 2.24) is 30.5 Å². The minimum atomic E-state index is -3.94. The zero-order chi connectivity index (χ0) is 21.2. The highest BCUT2D eigenvalue weighted by Gasteiger charge is 2.23. The summed E-state index contributed by atoms with van der Waals surface area (Å²) in [7, 11) is -3.94. The van der Waals surface area contributed by atoms with Gasteiger partial charge in [-0.1, -0.05) is 36.4 Å². The predicted molar refractivity (Wildman–Crippen MR) is 107 cm³/mol. The monoisotopic (exact) mass is 414 g/mol. The second-order valence-electron chi connectivity index (χ2n) is 6.75. The molecule has 1 amide bonds. The zero-order valence-electron chi connectivity index (χ0n) is 16.6. The molecule has 0 fully saturated rings. The van der Waals surface area contributed by atoms with Crippen molar-refractivity contribution in [3.05, 3.63) is 58.7 Å². The van der Waals surface area contributed by atoms with Crippen LogP contribution in [0.4, 0.5) is 0 Å². The largest absolute Gasteiger partial charge is 0.276 e. The fraction of sp³-hybridized carbons (Fsp3) is 0.263. The van der Waals surface area contributed by atoms with E-state index in [1.54, 1.807) is 13.8 Å². The molecule has 0 unspecified atom stereocenters. The molecule has 1 aromatic heterocycles. The Morgan fingerprint density at radius 2 is 1.66 bits per heavy atom. The van der Waals surface area contributed by atoms with Crippen molar-refractivity contribution in [2.75, 3.05) is 0 Å². The number of rotatable bonds is 6. The highest BCUT2D eigenvalue weighted by atomic mass is 32.2. The maximum absolute atomic E-state index is 12.7. The summed E-state index contributed by atoms with van der Waals surface area (Å²) in [6.45, 7) is 6.89. The van der Waals surface area contributed by atoms with E-state index in [0.717, 1.165) is 21.5 Å². The number of hydrogen-bond donors (Lipinski definition) is 2. The van der Waals surface area contributed by atoms with Crippen LogP contribution in [0.25, 0.3) is 11.4 Å². The molecule has 0 bridgehead atoms. The van der Waals surface area contributed by atoms with Gasteiger partial charge < -0.3 is 0 Å². The molecule has 0 saturated carbocycles. The molecule has 0 atom stereocenters. The molecule has 2 N–H and O–H groups in total. The van der Waals surface area contributed by atoms with Crippen LogP contribution in [0, 0.1) is 27.7 Å². The summed E-state index contributed by atoms with van der Waals surface area (Å²) in [5.41, 5.74) is 5.97. The first-order chi connectivity index (χ1) is 13.7. The number of amides is 1. The van der Waals surface area contributed by atoms with Gasteiger partial charge in [0, 0.05) is 5.56 Å². The van der Waals surface area contributed by atoms with Crippen LogP contribution < -0.4 is 10.3 Å². The molecule has 3 rings (SSSR count). The second-order valence-corrected chi connectivity index (χ2v) is 8.37. The quantitative estimate of drug-likeness (QED) is 0.591. The van der Waals surface area contributed by atoms with Crippen LogP contribution in [0.3, 0.4) is 0 Å². The normalized spacial score (nSPS) is 11.4. The van der Waals surface area contributed by atoms with Crippen molar-refractivity contribution >= 4 is 15.9 Å². The third kappa shape index (κ3) is 4.49. The number of hydrogen-bond acceptors (Lipinski definition) is 6. The van der Waals surface area contributed by atoms with Crippen LogP contribution in [0.5, 0.6) is 0 Å². The minimum Gasteiger partial charge on any atom is -0.276 e. The van der Waals surface area contributed by atoms with Crippen molar-refractivity contribution in [3.63, 3.8) is 0 Å². The summed E-state index contributed by atoms with van der Waals surface area (Å²) in [6, 6.07) is 11.1. The predicted octanol–water partition coefficient (Wildman–Crippen LogP) is 1.58. The van der Waals surface area contributed by atoms with Crippen LogP contribution in [0.1, 0.15) is 22.3 Å². The van der Waals surface area contributed by atoms with E-state index in [4.69, 9.17) is 0 Å². The first-order valence-corrected chi connectivity index (χ1v) is 10.4. The molecule has 29 heavy (non-hydrogen) atoms. The lowest BCUT2D eigenvalue weighted by atomic mass is 10.0. The van der Waals surface area contributed by atoms with Gasteiger partial charge in [0.15, 0.2) is 0 Å². The van der Waals surface area contributed by atoms with Gasteiger partial charge in [-0.05, 0) is 55.2 Å². The Hall–Kier alpha value is -3.11. The van der Waals surface area contributed by atoms with E-state index in [9.17, 15) is 13.2 Å². The highest BCUT2D eigenvalue weighted by Crippen LogP contribution is 2.25. The highest BCUT2D eigenvalue weighted by molar-refractivity contribution is 7.89. The number of nitrogens with one attached hydrogen (secondary N) is 2.